The topological polar surface area (TPSA) is 109 Å². The van der Waals surface area contributed by atoms with Gasteiger partial charge in [0.2, 0.25) is 10.0 Å². The number of sulfonamides is 1. The van der Waals surface area contributed by atoms with Crippen LogP contribution in [0.25, 0.3) is 20.8 Å². The van der Waals surface area contributed by atoms with Crippen LogP contribution in [-0.4, -0.2) is 55.0 Å². The number of rotatable bonds is 5. The minimum absolute atomic E-state index is 0.0347. The lowest BCUT2D eigenvalue weighted by molar-refractivity contribution is 0.0730. The van der Waals surface area contributed by atoms with Gasteiger partial charge < -0.3 is 15.2 Å². The molecule has 180 valence electrons. The van der Waals surface area contributed by atoms with Crippen LogP contribution in [-0.2, 0) is 14.8 Å². The van der Waals surface area contributed by atoms with Crippen molar-refractivity contribution in [3.63, 3.8) is 0 Å². The number of para-hydroxylation sites is 1. The van der Waals surface area contributed by atoms with Gasteiger partial charge in [-0.15, -0.1) is 11.3 Å². The molecule has 0 spiro atoms. The van der Waals surface area contributed by atoms with Gasteiger partial charge in [-0.3, -0.25) is 4.79 Å². The summed E-state index contributed by atoms with van der Waals surface area (Å²) in [4.78, 5) is 17.4. The molecule has 1 aliphatic heterocycles. The van der Waals surface area contributed by atoms with Crippen LogP contribution >= 0.6 is 22.9 Å². The zero-order chi connectivity index (χ0) is 24.6. The Morgan fingerprint density at radius 2 is 1.86 bits per heavy atom. The molecule has 2 heterocycles. The lowest BCUT2D eigenvalue weighted by atomic mass is 10.1. The van der Waals surface area contributed by atoms with Crippen LogP contribution in [0.3, 0.4) is 0 Å². The number of nitrogens with zero attached hydrogens (tertiary/aromatic N) is 2. The van der Waals surface area contributed by atoms with Crippen molar-refractivity contribution in [3.8, 4) is 16.3 Å². The summed E-state index contributed by atoms with van der Waals surface area (Å²) in [5, 5.41) is 13.8. The van der Waals surface area contributed by atoms with E-state index in [4.69, 9.17) is 16.3 Å². The maximum atomic E-state index is 13.1. The molecular weight excluding hydrogens is 510 g/mol. The van der Waals surface area contributed by atoms with Gasteiger partial charge >= 0.3 is 0 Å². The minimum atomic E-state index is -3.88. The standard InChI is InChI=1S/C24H20ClN3O5S2/c25-18-7-5-15(13-22(18)35(31,32)28-9-11-33-12-10-28)23(30)26-16-6-8-20(29)17(14-16)24-27-19-3-1-2-4-21(19)34-24/h1-8,13-14,29H,9-12H2,(H,26,30). The number of amides is 1. The zero-order valence-electron chi connectivity index (χ0n) is 18.3. The third-order valence-corrected chi connectivity index (χ3v) is 9.01. The van der Waals surface area contributed by atoms with Crippen molar-refractivity contribution in [2.75, 3.05) is 31.6 Å². The predicted molar refractivity (Wildman–Crippen MR) is 136 cm³/mol. The molecule has 5 rings (SSSR count). The number of carbonyl (C=O) groups is 1. The highest BCUT2D eigenvalue weighted by molar-refractivity contribution is 7.89. The van der Waals surface area contributed by atoms with Crippen molar-refractivity contribution in [1.82, 2.24) is 9.29 Å². The molecule has 2 N–H and O–H groups in total. The Bertz CT molecular complexity index is 1500. The molecule has 8 nitrogen and oxygen atoms in total. The van der Waals surface area contributed by atoms with E-state index in [1.54, 1.807) is 12.1 Å². The van der Waals surface area contributed by atoms with Crippen molar-refractivity contribution < 1.29 is 23.1 Å². The monoisotopic (exact) mass is 529 g/mol. The zero-order valence-corrected chi connectivity index (χ0v) is 20.7. The Morgan fingerprint density at radius 3 is 2.63 bits per heavy atom. The molecule has 0 aliphatic carbocycles. The van der Waals surface area contributed by atoms with Gasteiger partial charge in [-0.1, -0.05) is 23.7 Å². The van der Waals surface area contributed by atoms with Crippen molar-refractivity contribution in [3.05, 3.63) is 71.2 Å². The third-order valence-electron chi connectivity index (χ3n) is 5.56. The predicted octanol–water partition coefficient (Wildman–Crippen LogP) is 4.60. The van der Waals surface area contributed by atoms with Crippen LogP contribution in [0, 0.1) is 0 Å². The van der Waals surface area contributed by atoms with Crippen molar-refractivity contribution in [2.24, 2.45) is 0 Å². The summed E-state index contributed by atoms with van der Waals surface area (Å²) in [6.07, 6.45) is 0. The average Bonchev–Trinajstić information content (AvgIpc) is 3.30. The number of hydrogen-bond donors (Lipinski definition) is 2. The molecule has 1 saturated heterocycles. The Morgan fingerprint density at radius 1 is 1.09 bits per heavy atom. The number of aromatic nitrogens is 1. The fourth-order valence-corrected chi connectivity index (χ4v) is 6.64. The maximum Gasteiger partial charge on any atom is 0.255 e. The number of thiazole rings is 1. The first-order chi connectivity index (χ1) is 16.8. The first kappa shape index (κ1) is 23.7. The van der Waals surface area contributed by atoms with Crippen LogP contribution in [0.15, 0.2) is 65.6 Å². The third kappa shape index (κ3) is 4.75. The Balaban J connectivity index is 1.42. The number of carbonyl (C=O) groups excluding carboxylic acids is 1. The van der Waals surface area contributed by atoms with Gasteiger partial charge in [-0.2, -0.15) is 4.31 Å². The van der Waals surface area contributed by atoms with E-state index >= 15 is 0 Å². The molecule has 1 fully saturated rings. The molecule has 4 aromatic rings. The fraction of sp³-hybridized carbons (Fsp3) is 0.167. The Labute approximate surface area is 210 Å². The number of halogens is 1. The number of morpholine rings is 1. The van der Waals surface area contributed by atoms with E-state index in [-0.39, 0.29) is 34.3 Å². The summed E-state index contributed by atoms with van der Waals surface area (Å²) in [5.41, 5.74) is 1.86. The fourth-order valence-electron chi connectivity index (χ4n) is 3.74. The van der Waals surface area contributed by atoms with E-state index in [1.165, 1.54) is 39.9 Å². The molecule has 1 aliphatic rings. The molecule has 0 bridgehead atoms. The highest BCUT2D eigenvalue weighted by Gasteiger charge is 2.29. The van der Waals surface area contributed by atoms with E-state index in [0.717, 1.165) is 10.2 Å². The second-order valence-corrected chi connectivity index (χ2v) is 11.2. The van der Waals surface area contributed by atoms with Gasteiger partial charge in [0.25, 0.3) is 5.91 Å². The highest BCUT2D eigenvalue weighted by Crippen LogP contribution is 2.37. The van der Waals surface area contributed by atoms with E-state index in [2.05, 4.69) is 10.3 Å². The Kier molecular flexibility index (Phi) is 6.47. The molecule has 0 saturated carbocycles. The number of anilines is 1. The number of fused-ring (bicyclic) bond motifs is 1. The van der Waals surface area contributed by atoms with Crippen molar-refractivity contribution in [2.45, 2.75) is 4.90 Å². The second kappa shape index (κ2) is 9.56. The minimum Gasteiger partial charge on any atom is -0.507 e. The van der Waals surface area contributed by atoms with E-state index < -0.39 is 15.9 Å². The van der Waals surface area contributed by atoms with Crippen molar-refractivity contribution in [1.29, 1.82) is 0 Å². The Hall–Kier alpha value is -3.02. The molecule has 0 atom stereocenters. The number of aromatic hydroxyl groups is 1. The summed E-state index contributed by atoms with van der Waals surface area (Å²) < 4.78 is 33.7. The van der Waals surface area contributed by atoms with Crippen LogP contribution < -0.4 is 5.32 Å². The van der Waals surface area contributed by atoms with E-state index in [1.807, 2.05) is 24.3 Å². The quantitative estimate of drug-likeness (QED) is 0.366. The summed E-state index contributed by atoms with van der Waals surface area (Å²) in [6, 6.07) is 16.5. The molecule has 35 heavy (non-hydrogen) atoms. The van der Waals surface area contributed by atoms with Crippen LogP contribution in [0.2, 0.25) is 5.02 Å². The molecule has 1 amide bonds. The van der Waals surface area contributed by atoms with Crippen LogP contribution in [0.5, 0.6) is 5.75 Å². The number of nitrogens with one attached hydrogen (secondary N) is 1. The number of phenols is 1. The van der Waals surface area contributed by atoms with Crippen LogP contribution in [0.4, 0.5) is 5.69 Å². The summed E-state index contributed by atoms with van der Waals surface area (Å²) in [6.45, 7) is 1.04. The number of phenolic OH excluding ortho intramolecular Hbond substituents is 1. The van der Waals surface area contributed by atoms with Crippen LogP contribution in [0.1, 0.15) is 10.4 Å². The number of benzene rings is 3. The number of ether oxygens (including phenoxy) is 1. The van der Waals surface area contributed by atoms with Crippen molar-refractivity contribution >= 4 is 54.8 Å². The molecule has 0 unspecified atom stereocenters. The first-order valence-corrected chi connectivity index (χ1v) is 13.3. The molecular formula is C24H20ClN3O5S2. The summed E-state index contributed by atoms with van der Waals surface area (Å²) >= 11 is 7.63. The molecule has 3 aromatic carbocycles. The highest BCUT2D eigenvalue weighted by atomic mass is 35.5. The van der Waals surface area contributed by atoms with E-state index in [0.29, 0.717) is 29.5 Å². The first-order valence-electron chi connectivity index (χ1n) is 10.7. The summed E-state index contributed by atoms with van der Waals surface area (Å²) in [5.74, 6) is -0.478. The largest absolute Gasteiger partial charge is 0.507 e. The lowest BCUT2D eigenvalue weighted by Gasteiger charge is -2.26. The average molecular weight is 530 g/mol. The van der Waals surface area contributed by atoms with Gasteiger partial charge in [0.05, 0.1) is 34.0 Å². The molecule has 0 radical (unpaired) electrons. The van der Waals surface area contributed by atoms with Gasteiger partial charge in [-0.25, -0.2) is 13.4 Å². The normalized spacial score (nSPS) is 14.8. The smallest absolute Gasteiger partial charge is 0.255 e. The molecule has 11 heteroatoms. The lowest BCUT2D eigenvalue weighted by Crippen LogP contribution is -2.40. The molecule has 1 aromatic heterocycles. The number of hydrogen-bond acceptors (Lipinski definition) is 7. The van der Waals surface area contributed by atoms with Gasteiger partial charge in [-0.05, 0) is 48.5 Å². The summed E-state index contributed by atoms with van der Waals surface area (Å²) in [7, 11) is -3.88. The van der Waals surface area contributed by atoms with E-state index in [9.17, 15) is 18.3 Å². The van der Waals surface area contributed by atoms with Gasteiger partial charge in [0.1, 0.15) is 15.7 Å². The second-order valence-electron chi connectivity index (χ2n) is 7.83. The maximum absolute atomic E-state index is 13.1. The van der Waals surface area contributed by atoms with Gasteiger partial charge in [0.15, 0.2) is 0 Å². The SMILES string of the molecule is O=C(Nc1ccc(O)c(-c2nc3ccccc3s2)c1)c1ccc(Cl)c(S(=O)(=O)N2CCOCC2)c1. The van der Waals surface area contributed by atoms with Gasteiger partial charge in [0, 0.05) is 24.3 Å².